The maximum atomic E-state index is 11.7. The summed E-state index contributed by atoms with van der Waals surface area (Å²) in [5, 5.41) is 4.27. The number of hydrogen-bond donors (Lipinski definition) is 2. The monoisotopic (exact) mass is 323 g/mol. The Morgan fingerprint density at radius 1 is 1.14 bits per heavy atom. The molecule has 4 nitrogen and oxygen atoms in total. The number of carbonyl (C=O) groups excluding carboxylic acids is 1. The van der Waals surface area contributed by atoms with E-state index >= 15 is 0 Å². The fourth-order valence-electron chi connectivity index (χ4n) is 2.85. The maximum Gasteiger partial charge on any atom is 0.219 e. The van der Waals surface area contributed by atoms with E-state index in [9.17, 15) is 4.79 Å². The number of hydrogen-bond acceptors (Lipinski definition) is 4. The minimum absolute atomic E-state index is 0.186. The number of aryl methyl sites for hydroxylation is 3. The summed E-state index contributed by atoms with van der Waals surface area (Å²) in [5.41, 5.74) is 6.79. The highest BCUT2D eigenvalue weighted by molar-refractivity contribution is 7.11. The van der Waals surface area contributed by atoms with Crippen LogP contribution >= 0.6 is 11.3 Å². The SMILES string of the molecule is NCCCCCCC(=O)NCCCc1nc2c(s1)CCCC2. The quantitative estimate of drug-likeness (QED) is 0.650. The lowest BCUT2D eigenvalue weighted by Gasteiger charge is -2.06. The van der Waals surface area contributed by atoms with Gasteiger partial charge in [0.1, 0.15) is 0 Å². The average Bonchev–Trinajstić information content (AvgIpc) is 2.94. The number of thiazole rings is 1. The Labute approximate surface area is 137 Å². The fraction of sp³-hybridized carbons (Fsp3) is 0.765. The number of nitrogens with zero attached hydrogens (tertiary/aromatic N) is 1. The number of aromatic nitrogens is 1. The van der Waals surface area contributed by atoms with Gasteiger partial charge in [0.15, 0.2) is 0 Å². The number of fused-ring (bicyclic) bond motifs is 1. The van der Waals surface area contributed by atoms with Gasteiger partial charge in [-0.2, -0.15) is 0 Å². The largest absolute Gasteiger partial charge is 0.356 e. The van der Waals surface area contributed by atoms with Crippen LogP contribution < -0.4 is 11.1 Å². The Morgan fingerprint density at radius 3 is 2.77 bits per heavy atom. The lowest BCUT2D eigenvalue weighted by molar-refractivity contribution is -0.121. The van der Waals surface area contributed by atoms with Gasteiger partial charge in [0.2, 0.25) is 5.91 Å². The summed E-state index contributed by atoms with van der Waals surface area (Å²) in [4.78, 5) is 17.9. The maximum absolute atomic E-state index is 11.7. The van der Waals surface area contributed by atoms with Crippen molar-refractivity contribution < 1.29 is 4.79 Å². The molecular formula is C17H29N3OS. The first-order valence-electron chi connectivity index (χ1n) is 8.74. The first-order chi connectivity index (χ1) is 10.8. The van der Waals surface area contributed by atoms with E-state index in [0.717, 1.165) is 58.0 Å². The molecule has 22 heavy (non-hydrogen) atoms. The third-order valence-electron chi connectivity index (χ3n) is 4.14. The number of nitrogens with one attached hydrogen (secondary N) is 1. The van der Waals surface area contributed by atoms with Crippen LogP contribution in [-0.2, 0) is 24.1 Å². The zero-order valence-corrected chi connectivity index (χ0v) is 14.3. The molecule has 5 heteroatoms. The Bertz CT molecular complexity index is 435. The van der Waals surface area contributed by atoms with Crippen molar-refractivity contribution >= 4 is 17.2 Å². The van der Waals surface area contributed by atoms with Crippen LogP contribution in [0.15, 0.2) is 0 Å². The van der Waals surface area contributed by atoms with Crippen LogP contribution in [0.2, 0.25) is 0 Å². The number of carbonyl (C=O) groups is 1. The molecule has 1 aliphatic rings. The van der Waals surface area contributed by atoms with E-state index in [-0.39, 0.29) is 5.91 Å². The average molecular weight is 324 g/mol. The van der Waals surface area contributed by atoms with Crippen LogP contribution in [-0.4, -0.2) is 24.0 Å². The molecule has 0 unspecified atom stereocenters. The van der Waals surface area contributed by atoms with Gasteiger partial charge in [-0.3, -0.25) is 4.79 Å². The van der Waals surface area contributed by atoms with Crippen LogP contribution in [0.5, 0.6) is 0 Å². The molecule has 0 radical (unpaired) electrons. The Hall–Kier alpha value is -0.940. The van der Waals surface area contributed by atoms with Gasteiger partial charge in [-0.05, 0) is 51.5 Å². The molecule has 124 valence electrons. The number of unbranched alkanes of at least 4 members (excludes halogenated alkanes) is 3. The van der Waals surface area contributed by atoms with Crippen LogP contribution in [0, 0.1) is 0 Å². The minimum Gasteiger partial charge on any atom is -0.356 e. The summed E-state index contributed by atoms with van der Waals surface area (Å²) < 4.78 is 0. The summed E-state index contributed by atoms with van der Waals surface area (Å²) in [7, 11) is 0. The fourth-order valence-corrected chi connectivity index (χ4v) is 4.05. The smallest absolute Gasteiger partial charge is 0.219 e. The van der Waals surface area contributed by atoms with Gasteiger partial charge in [0, 0.05) is 24.3 Å². The second kappa shape index (κ2) is 9.95. The van der Waals surface area contributed by atoms with E-state index in [1.54, 1.807) is 0 Å². The molecule has 1 amide bonds. The molecule has 0 spiro atoms. The zero-order chi connectivity index (χ0) is 15.6. The van der Waals surface area contributed by atoms with Crippen LogP contribution in [0.4, 0.5) is 0 Å². The summed E-state index contributed by atoms with van der Waals surface area (Å²) in [6.45, 7) is 1.53. The van der Waals surface area contributed by atoms with E-state index in [4.69, 9.17) is 10.7 Å². The molecule has 0 saturated heterocycles. The second-order valence-electron chi connectivity index (χ2n) is 6.09. The topological polar surface area (TPSA) is 68.0 Å². The Kier molecular flexibility index (Phi) is 7.88. The summed E-state index contributed by atoms with van der Waals surface area (Å²) in [5.74, 6) is 0.186. The van der Waals surface area contributed by atoms with E-state index in [2.05, 4.69) is 5.32 Å². The van der Waals surface area contributed by atoms with Crippen molar-refractivity contribution in [3.63, 3.8) is 0 Å². The van der Waals surface area contributed by atoms with E-state index < -0.39 is 0 Å². The zero-order valence-electron chi connectivity index (χ0n) is 13.5. The highest BCUT2D eigenvalue weighted by Gasteiger charge is 2.14. The predicted molar refractivity (Wildman–Crippen MR) is 92.2 cm³/mol. The molecule has 3 N–H and O–H groups in total. The molecule has 0 fully saturated rings. The van der Waals surface area contributed by atoms with E-state index in [0.29, 0.717) is 6.42 Å². The van der Waals surface area contributed by atoms with Gasteiger partial charge in [-0.1, -0.05) is 12.8 Å². The van der Waals surface area contributed by atoms with Crippen molar-refractivity contribution in [2.75, 3.05) is 13.1 Å². The van der Waals surface area contributed by atoms with Crippen LogP contribution in [0.25, 0.3) is 0 Å². The van der Waals surface area contributed by atoms with Gasteiger partial charge in [-0.15, -0.1) is 11.3 Å². The molecule has 0 aromatic carbocycles. The molecule has 1 aliphatic carbocycles. The highest BCUT2D eigenvalue weighted by Crippen LogP contribution is 2.27. The summed E-state index contributed by atoms with van der Waals surface area (Å²) in [6, 6.07) is 0. The molecule has 0 saturated carbocycles. The lowest BCUT2D eigenvalue weighted by Crippen LogP contribution is -2.24. The van der Waals surface area contributed by atoms with Crippen molar-refractivity contribution in [1.29, 1.82) is 0 Å². The molecule has 1 aromatic heterocycles. The number of amides is 1. The van der Waals surface area contributed by atoms with Crippen molar-refractivity contribution in [3.8, 4) is 0 Å². The van der Waals surface area contributed by atoms with Gasteiger partial charge in [0.05, 0.1) is 10.7 Å². The molecule has 1 aromatic rings. The normalized spacial score (nSPS) is 13.9. The summed E-state index contributed by atoms with van der Waals surface area (Å²) in [6.07, 6.45) is 11.9. The van der Waals surface area contributed by atoms with Crippen LogP contribution in [0.1, 0.15) is 66.9 Å². The van der Waals surface area contributed by atoms with E-state index in [1.165, 1.54) is 34.8 Å². The van der Waals surface area contributed by atoms with Crippen LogP contribution in [0.3, 0.4) is 0 Å². The number of rotatable bonds is 10. The third-order valence-corrected chi connectivity index (χ3v) is 5.35. The molecule has 0 bridgehead atoms. The molecular weight excluding hydrogens is 294 g/mol. The first kappa shape index (κ1) is 17.4. The molecule has 2 rings (SSSR count). The second-order valence-corrected chi connectivity index (χ2v) is 7.26. The van der Waals surface area contributed by atoms with Gasteiger partial charge < -0.3 is 11.1 Å². The van der Waals surface area contributed by atoms with Crippen molar-refractivity contribution in [1.82, 2.24) is 10.3 Å². The first-order valence-corrected chi connectivity index (χ1v) is 9.55. The van der Waals surface area contributed by atoms with Gasteiger partial charge in [-0.25, -0.2) is 4.98 Å². The lowest BCUT2D eigenvalue weighted by atomic mass is 10.0. The summed E-state index contributed by atoms with van der Waals surface area (Å²) >= 11 is 1.88. The highest BCUT2D eigenvalue weighted by atomic mass is 32.1. The van der Waals surface area contributed by atoms with Crippen molar-refractivity contribution in [2.24, 2.45) is 5.73 Å². The van der Waals surface area contributed by atoms with Crippen molar-refractivity contribution in [2.45, 2.75) is 70.6 Å². The predicted octanol–water partition coefficient (Wildman–Crippen LogP) is 2.98. The van der Waals surface area contributed by atoms with E-state index in [1.807, 2.05) is 11.3 Å². The molecule has 0 aliphatic heterocycles. The van der Waals surface area contributed by atoms with Gasteiger partial charge >= 0.3 is 0 Å². The minimum atomic E-state index is 0.186. The Balaban J connectivity index is 1.53. The molecule has 0 atom stereocenters. The van der Waals surface area contributed by atoms with Crippen molar-refractivity contribution in [3.05, 3.63) is 15.6 Å². The standard InChI is InChI=1S/C17H29N3OS/c18-12-6-2-1-3-10-16(21)19-13-7-11-17-20-14-8-4-5-9-15(14)22-17/h1-13,18H2,(H,19,21). The Morgan fingerprint density at radius 2 is 1.95 bits per heavy atom. The number of nitrogens with two attached hydrogens (primary N) is 1. The molecule has 1 heterocycles. The third kappa shape index (κ3) is 6.05. The van der Waals surface area contributed by atoms with Gasteiger partial charge in [0.25, 0.3) is 0 Å².